The van der Waals surface area contributed by atoms with Crippen LogP contribution in [0.1, 0.15) is 12.8 Å². The number of aliphatic hydroxyl groups excluding tert-OH is 1. The maximum Gasteiger partial charge on any atom is 0.295 e. The molecule has 1 amide bonds. The quantitative estimate of drug-likeness (QED) is 0.410. The van der Waals surface area contributed by atoms with Gasteiger partial charge in [0.15, 0.2) is 0 Å². The molecular weight excluding hydrogens is 130 g/mol. The maximum absolute atomic E-state index is 10.4. The van der Waals surface area contributed by atoms with E-state index < -0.39 is 5.91 Å². The fraction of sp³-hybridized carbons (Fsp3) is 0.571. The molecule has 0 rings (SSSR count). The second-order valence-electron chi connectivity index (χ2n) is 1.83. The standard InChI is InChI=1S/C7H11NO2/c1-2-7(10)8-5-3-4-6-9/h1,9H,3-6H2,(H,8,10). The molecule has 0 spiro atoms. The highest BCUT2D eigenvalue weighted by Crippen LogP contribution is 1.82. The Balaban J connectivity index is 3.06. The third kappa shape index (κ3) is 5.13. The lowest BCUT2D eigenvalue weighted by Crippen LogP contribution is -2.22. The smallest absolute Gasteiger partial charge is 0.295 e. The minimum absolute atomic E-state index is 0.159. The molecule has 0 saturated carbocycles. The van der Waals surface area contributed by atoms with E-state index in [9.17, 15) is 4.79 Å². The van der Waals surface area contributed by atoms with E-state index in [4.69, 9.17) is 11.5 Å². The minimum atomic E-state index is -0.391. The van der Waals surface area contributed by atoms with Gasteiger partial charge in [-0.15, -0.1) is 6.42 Å². The van der Waals surface area contributed by atoms with E-state index in [1.54, 1.807) is 0 Å². The number of nitrogens with one attached hydrogen (secondary N) is 1. The van der Waals surface area contributed by atoms with Crippen LogP contribution in [0.15, 0.2) is 0 Å². The molecule has 0 aromatic heterocycles. The number of hydrogen-bond acceptors (Lipinski definition) is 2. The Bertz CT molecular complexity index is 137. The summed E-state index contributed by atoms with van der Waals surface area (Å²) < 4.78 is 0. The van der Waals surface area contributed by atoms with Crippen molar-refractivity contribution in [2.75, 3.05) is 13.2 Å². The maximum atomic E-state index is 10.4. The molecule has 3 nitrogen and oxygen atoms in total. The molecule has 2 N–H and O–H groups in total. The molecule has 0 fully saturated rings. The Morgan fingerprint density at radius 1 is 1.60 bits per heavy atom. The largest absolute Gasteiger partial charge is 0.396 e. The Hall–Kier alpha value is -1.01. The monoisotopic (exact) mass is 141 g/mol. The summed E-state index contributed by atoms with van der Waals surface area (Å²) in [5, 5.41) is 10.8. The van der Waals surface area contributed by atoms with Crippen LogP contribution >= 0.6 is 0 Å². The van der Waals surface area contributed by atoms with Crippen LogP contribution in [0, 0.1) is 12.3 Å². The third-order valence-corrected chi connectivity index (χ3v) is 1.00. The number of unbranched alkanes of at least 4 members (excludes halogenated alkanes) is 1. The average molecular weight is 141 g/mol. The van der Waals surface area contributed by atoms with Crippen LogP contribution in [0.5, 0.6) is 0 Å². The minimum Gasteiger partial charge on any atom is -0.396 e. The van der Waals surface area contributed by atoms with Gasteiger partial charge in [-0.2, -0.15) is 0 Å². The molecule has 0 atom stereocenters. The number of aliphatic hydroxyl groups is 1. The summed E-state index contributed by atoms with van der Waals surface area (Å²) in [6, 6.07) is 0. The molecule has 0 aliphatic rings. The molecule has 3 heteroatoms. The van der Waals surface area contributed by atoms with Gasteiger partial charge in [0.1, 0.15) is 0 Å². The number of terminal acetylenes is 1. The van der Waals surface area contributed by atoms with Gasteiger partial charge in [-0.1, -0.05) is 0 Å². The number of amides is 1. The van der Waals surface area contributed by atoms with Crippen LogP contribution in [-0.2, 0) is 4.79 Å². The fourth-order valence-electron chi connectivity index (χ4n) is 0.490. The van der Waals surface area contributed by atoms with Crippen molar-refractivity contribution in [3.05, 3.63) is 0 Å². The molecule has 0 aliphatic carbocycles. The van der Waals surface area contributed by atoms with Crippen LogP contribution < -0.4 is 5.32 Å². The van der Waals surface area contributed by atoms with Gasteiger partial charge < -0.3 is 10.4 Å². The van der Waals surface area contributed by atoms with Crippen molar-refractivity contribution in [3.63, 3.8) is 0 Å². The first kappa shape index (κ1) is 8.99. The summed E-state index contributed by atoms with van der Waals surface area (Å²) in [6.07, 6.45) is 6.24. The summed E-state index contributed by atoms with van der Waals surface area (Å²) >= 11 is 0. The SMILES string of the molecule is C#CC(=O)NCCCCO. The molecule has 0 unspecified atom stereocenters. The second-order valence-corrected chi connectivity index (χ2v) is 1.83. The van der Waals surface area contributed by atoms with Crippen molar-refractivity contribution < 1.29 is 9.90 Å². The summed E-state index contributed by atoms with van der Waals surface area (Å²) in [4.78, 5) is 10.4. The molecule has 0 aromatic carbocycles. The Morgan fingerprint density at radius 2 is 2.30 bits per heavy atom. The van der Waals surface area contributed by atoms with Gasteiger partial charge >= 0.3 is 0 Å². The van der Waals surface area contributed by atoms with Crippen LogP contribution in [0.2, 0.25) is 0 Å². The number of hydrogen-bond donors (Lipinski definition) is 2. The summed E-state index contributed by atoms with van der Waals surface area (Å²) in [5.74, 6) is 1.54. The van der Waals surface area contributed by atoms with E-state index in [0.29, 0.717) is 13.0 Å². The fourth-order valence-corrected chi connectivity index (χ4v) is 0.490. The van der Waals surface area contributed by atoms with Crippen molar-refractivity contribution >= 4 is 5.91 Å². The lowest BCUT2D eigenvalue weighted by molar-refractivity contribution is -0.115. The molecule has 56 valence electrons. The molecule has 0 bridgehead atoms. The highest BCUT2D eigenvalue weighted by atomic mass is 16.2. The van der Waals surface area contributed by atoms with Crippen molar-refractivity contribution in [1.29, 1.82) is 0 Å². The Morgan fingerprint density at radius 3 is 2.80 bits per heavy atom. The second kappa shape index (κ2) is 6.12. The lowest BCUT2D eigenvalue weighted by Gasteiger charge is -1.97. The first-order valence-electron chi connectivity index (χ1n) is 3.16. The van der Waals surface area contributed by atoms with Crippen LogP contribution in [-0.4, -0.2) is 24.2 Å². The highest BCUT2D eigenvalue weighted by Gasteiger charge is 1.91. The molecule has 0 radical (unpaired) electrons. The number of carbonyl (C=O) groups is 1. The van der Waals surface area contributed by atoms with Gasteiger partial charge in [0.05, 0.1) is 0 Å². The van der Waals surface area contributed by atoms with Crippen molar-refractivity contribution in [3.8, 4) is 12.3 Å². The van der Waals surface area contributed by atoms with E-state index in [-0.39, 0.29) is 6.61 Å². The van der Waals surface area contributed by atoms with Crippen molar-refractivity contribution in [1.82, 2.24) is 5.32 Å². The zero-order valence-corrected chi connectivity index (χ0v) is 5.76. The molecule has 10 heavy (non-hydrogen) atoms. The van der Waals surface area contributed by atoms with Gasteiger partial charge in [0.25, 0.3) is 5.91 Å². The average Bonchev–Trinajstić information content (AvgIpc) is 1.98. The summed E-state index contributed by atoms with van der Waals surface area (Å²) in [6.45, 7) is 0.704. The first-order chi connectivity index (χ1) is 4.81. The third-order valence-electron chi connectivity index (χ3n) is 1.00. The number of carbonyl (C=O) groups excluding carboxylic acids is 1. The normalized spacial score (nSPS) is 8.40. The van der Waals surface area contributed by atoms with Gasteiger partial charge in [-0.05, 0) is 18.8 Å². The zero-order valence-electron chi connectivity index (χ0n) is 5.76. The van der Waals surface area contributed by atoms with E-state index >= 15 is 0 Å². The van der Waals surface area contributed by atoms with E-state index in [2.05, 4.69) is 5.32 Å². The van der Waals surface area contributed by atoms with Crippen LogP contribution in [0.3, 0.4) is 0 Å². The van der Waals surface area contributed by atoms with E-state index in [0.717, 1.165) is 6.42 Å². The van der Waals surface area contributed by atoms with E-state index in [1.165, 1.54) is 0 Å². The molecule has 0 aromatic rings. The summed E-state index contributed by atoms with van der Waals surface area (Å²) in [5.41, 5.74) is 0. The van der Waals surface area contributed by atoms with E-state index in [1.807, 2.05) is 5.92 Å². The topological polar surface area (TPSA) is 49.3 Å². The summed E-state index contributed by atoms with van der Waals surface area (Å²) in [7, 11) is 0. The van der Waals surface area contributed by atoms with Crippen LogP contribution in [0.4, 0.5) is 0 Å². The van der Waals surface area contributed by atoms with Gasteiger partial charge in [-0.25, -0.2) is 0 Å². The number of rotatable bonds is 4. The lowest BCUT2D eigenvalue weighted by atomic mass is 10.3. The predicted octanol–water partition coefficient (Wildman–Crippen LogP) is -0.492. The zero-order chi connectivity index (χ0) is 7.82. The Labute approximate surface area is 60.4 Å². The predicted molar refractivity (Wildman–Crippen MR) is 38.2 cm³/mol. The molecule has 0 saturated heterocycles. The van der Waals surface area contributed by atoms with Gasteiger partial charge in [0, 0.05) is 13.2 Å². The van der Waals surface area contributed by atoms with Gasteiger partial charge in [0.2, 0.25) is 0 Å². The van der Waals surface area contributed by atoms with Crippen molar-refractivity contribution in [2.45, 2.75) is 12.8 Å². The molecule has 0 heterocycles. The van der Waals surface area contributed by atoms with Crippen LogP contribution in [0.25, 0.3) is 0 Å². The first-order valence-corrected chi connectivity index (χ1v) is 3.16. The van der Waals surface area contributed by atoms with Gasteiger partial charge in [-0.3, -0.25) is 4.79 Å². The molecular formula is C7H11NO2. The molecule has 0 aliphatic heterocycles. The Kier molecular flexibility index (Phi) is 5.50. The van der Waals surface area contributed by atoms with Crippen molar-refractivity contribution in [2.24, 2.45) is 0 Å². The highest BCUT2D eigenvalue weighted by molar-refractivity contribution is 5.92.